The molecule has 0 aliphatic carbocycles. The van der Waals surface area contributed by atoms with Crippen LogP contribution in [0.4, 0.5) is 5.69 Å². The summed E-state index contributed by atoms with van der Waals surface area (Å²) < 4.78 is 6.88. The van der Waals surface area contributed by atoms with Crippen molar-refractivity contribution in [2.24, 2.45) is 0 Å². The van der Waals surface area contributed by atoms with Crippen LogP contribution in [0.25, 0.3) is 10.6 Å². The van der Waals surface area contributed by atoms with E-state index in [1.165, 1.54) is 12.0 Å². The number of benzene rings is 1. The Morgan fingerprint density at radius 2 is 2.03 bits per heavy atom. The first-order valence-corrected chi connectivity index (χ1v) is 11.4. The minimum Gasteiger partial charge on any atom is -0.495 e. The van der Waals surface area contributed by atoms with Gasteiger partial charge in [0.25, 0.3) is 5.91 Å². The zero-order chi connectivity index (χ0) is 23.3. The number of nitrogens with zero attached hydrogens (tertiary/aromatic N) is 3. The summed E-state index contributed by atoms with van der Waals surface area (Å²) in [6.45, 7) is 7.66. The van der Waals surface area contributed by atoms with Crippen molar-refractivity contribution in [2.45, 2.75) is 45.3 Å². The maximum Gasteiger partial charge on any atom is 0.277 e. The Kier molecular flexibility index (Phi) is 5.55. The molecule has 0 radical (unpaired) electrons. The molecule has 4 rings (SSSR count). The summed E-state index contributed by atoms with van der Waals surface area (Å²) in [4.78, 5) is 29.7. The van der Waals surface area contributed by atoms with Crippen molar-refractivity contribution >= 4 is 40.4 Å². The molecule has 1 aliphatic heterocycles. The number of halogens is 1. The molecule has 168 valence electrons. The van der Waals surface area contributed by atoms with Crippen LogP contribution in [-0.4, -0.2) is 39.8 Å². The highest BCUT2D eigenvalue weighted by molar-refractivity contribution is 7.13. The van der Waals surface area contributed by atoms with Crippen LogP contribution < -0.4 is 15.0 Å². The van der Waals surface area contributed by atoms with Gasteiger partial charge in [0.2, 0.25) is 5.91 Å². The molecule has 32 heavy (non-hydrogen) atoms. The minimum absolute atomic E-state index is 0.199. The average Bonchev–Trinajstić information content (AvgIpc) is 3.36. The molecule has 1 N–H and O–H groups in total. The molecule has 3 aromatic rings. The summed E-state index contributed by atoms with van der Waals surface area (Å²) >= 11 is 7.91. The molecule has 1 aromatic carbocycles. The minimum atomic E-state index is -1.23. The van der Waals surface area contributed by atoms with E-state index in [1.807, 2.05) is 38.3 Å². The van der Waals surface area contributed by atoms with Crippen molar-refractivity contribution in [2.75, 3.05) is 12.0 Å². The number of hydrogen-bond acceptors (Lipinski definition) is 5. The second-order valence-electron chi connectivity index (χ2n) is 8.99. The van der Waals surface area contributed by atoms with Crippen LogP contribution in [0, 0.1) is 0 Å². The SMILES string of the molecule is COc1ccc(N2C(=O)c3cc(-c4cccs4)nn3C[C@@]2(C)C(=O)NC(C)(C)C)cc1Cl. The van der Waals surface area contributed by atoms with E-state index in [0.29, 0.717) is 27.8 Å². The maximum atomic E-state index is 13.8. The van der Waals surface area contributed by atoms with Crippen LogP contribution in [0.2, 0.25) is 5.02 Å². The second kappa shape index (κ2) is 7.94. The van der Waals surface area contributed by atoms with E-state index >= 15 is 0 Å². The van der Waals surface area contributed by atoms with E-state index in [-0.39, 0.29) is 18.4 Å². The number of nitrogens with one attached hydrogen (secondary N) is 1. The number of carbonyl (C=O) groups excluding carboxylic acids is 2. The van der Waals surface area contributed by atoms with Gasteiger partial charge in [0.05, 0.1) is 23.6 Å². The molecule has 3 heterocycles. The highest BCUT2D eigenvalue weighted by atomic mass is 35.5. The zero-order valence-electron chi connectivity index (χ0n) is 18.6. The molecule has 0 spiro atoms. The van der Waals surface area contributed by atoms with Crippen LogP contribution in [0.3, 0.4) is 0 Å². The van der Waals surface area contributed by atoms with Gasteiger partial charge in [-0.05, 0) is 63.4 Å². The molecule has 7 nitrogen and oxygen atoms in total. The van der Waals surface area contributed by atoms with Gasteiger partial charge < -0.3 is 10.1 Å². The number of hydrogen-bond donors (Lipinski definition) is 1. The molecule has 1 aliphatic rings. The Morgan fingerprint density at radius 1 is 1.28 bits per heavy atom. The summed E-state index contributed by atoms with van der Waals surface area (Å²) in [5, 5.41) is 9.98. The van der Waals surface area contributed by atoms with Crippen molar-refractivity contribution in [1.29, 1.82) is 0 Å². The highest BCUT2D eigenvalue weighted by Gasteiger charge is 2.49. The molecule has 0 bridgehead atoms. The van der Waals surface area contributed by atoms with E-state index in [9.17, 15) is 9.59 Å². The van der Waals surface area contributed by atoms with Crippen molar-refractivity contribution in [1.82, 2.24) is 15.1 Å². The van der Waals surface area contributed by atoms with E-state index in [2.05, 4.69) is 10.4 Å². The summed E-state index contributed by atoms with van der Waals surface area (Å²) in [7, 11) is 1.53. The first kappa shape index (κ1) is 22.4. The lowest BCUT2D eigenvalue weighted by Gasteiger charge is -2.44. The first-order valence-electron chi connectivity index (χ1n) is 10.2. The molecule has 0 unspecified atom stereocenters. The van der Waals surface area contributed by atoms with E-state index in [1.54, 1.807) is 47.2 Å². The molecule has 2 aromatic heterocycles. The summed E-state index contributed by atoms with van der Waals surface area (Å²) in [6, 6.07) is 10.7. The number of aromatic nitrogens is 2. The van der Waals surface area contributed by atoms with Gasteiger partial charge in [0.15, 0.2) is 0 Å². The smallest absolute Gasteiger partial charge is 0.277 e. The van der Waals surface area contributed by atoms with Gasteiger partial charge in [0, 0.05) is 11.2 Å². The van der Waals surface area contributed by atoms with E-state index in [4.69, 9.17) is 16.3 Å². The number of methoxy groups -OCH3 is 1. The number of thiophene rings is 1. The Labute approximate surface area is 195 Å². The van der Waals surface area contributed by atoms with Crippen LogP contribution >= 0.6 is 22.9 Å². The Morgan fingerprint density at radius 3 is 2.62 bits per heavy atom. The first-order chi connectivity index (χ1) is 15.0. The maximum absolute atomic E-state index is 13.8. The lowest BCUT2D eigenvalue weighted by Crippen LogP contribution is -2.66. The van der Waals surface area contributed by atoms with Crippen LogP contribution in [-0.2, 0) is 11.3 Å². The summed E-state index contributed by atoms with van der Waals surface area (Å²) in [5.41, 5.74) is -0.0669. The molecule has 0 saturated carbocycles. The van der Waals surface area contributed by atoms with Crippen LogP contribution in [0.1, 0.15) is 38.2 Å². The molecule has 2 amide bonds. The third-order valence-corrected chi connectivity index (χ3v) is 6.49. The van der Waals surface area contributed by atoms with Crippen LogP contribution in [0.5, 0.6) is 5.75 Å². The summed E-state index contributed by atoms with van der Waals surface area (Å²) in [5.74, 6) is -0.103. The Balaban J connectivity index is 1.85. The molecule has 9 heteroatoms. The molecule has 0 fully saturated rings. The van der Waals surface area contributed by atoms with Gasteiger partial charge in [-0.1, -0.05) is 17.7 Å². The van der Waals surface area contributed by atoms with Gasteiger partial charge in [-0.2, -0.15) is 5.10 Å². The number of anilines is 1. The number of fused-ring (bicyclic) bond motifs is 1. The molecular formula is C23H25ClN4O3S. The number of amides is 2. The average molecular weight is 473 g/mol. The lowest BCUT2D eigenvalue weighted by molar-refractivity contribution is -0.128. The van der Waals surface area contributed by atoms with Gasteiger partial charge >= 0.3 is 0 Å². The van der Waals surface area contributed by atoms with E-state index < -0.39 is 11.1 Å². The van der Waals surface area contributed by atoms with Crippen molar-refractivity contribution < 1.29 is 14.3 Å². The van der Waals surface area contributed by atoms with Crippen molar-refractivity contribution in [3.05, 3.63) is 52.5 Å². The van der Waals surface area contributed by atoms with Gasteiger partial charge in [0.1, 0.15) is 22.7 Å². The fourth-order valence-electron chi connectivity index (χ4n) is 3.80. The zero-order valence-corrected chi connectivity index (χ0v) is 20.2. The number of rotatable bonds is 4. The van der Waals surface area contributed by atoms with Gasteiger partial charge in [-0.25, -0.2) is 0 Å². The lowest BCUT2D eigenvalue weighted by atomic mass is 9.92. The fraction of sp³-hybridized carbons (Fsp3) is 0.348. The quantitative estimate of drug-likeness (QED) is 0.601. The molecule has 0 saturated heterocycles. The molecular weight excluding hydrogens is 448 g/mol. The standard InChI is InChI=1S/C23H25ClN4O3S/c1-22(2,3)25-21(30)23(4)13-27-17(12-16(26-27)19-7-6-10-32-19)20(29)28(23)14-8-9-18(31-5)15(24)11-14/h6-12H,13H2,1-5H3,(H,25,30)/t23-/m0/s1. The van der Waals surface area contributed by atoms with E-state index in [0.717, 1.165) is 4.88 Å². The van der Waals surface area contributed by atoms with Gasteiger partial charge in [-0.3, -0.25) is 19.2 Å². The van der Waals surface area contributed by atoms with Crippen molar-refractivity contribution in [3.8, 4) is 16.3 Å². The third kappa shape index (κ3) is 3.89. The second-order valence-corrected chi connectivity index (χ2v) is 10.3. The van der Waals surface area contributed by atoms with Gasteiger partial charge in [-0.15, -0.1) is 11.3 Å². The predicted octanol–water partition coefficient (Wildman–Crippen LogP) is 4.61. The highest BCUT2D eigenvalue weighted by Crippen LogP contribution is 2.38. The number of ether oxygens (including phenoxy) is 1. The third-order valence-electron chi connectivity index (χ3n) is 5.30. The predicted molar refractivity (Wildman–Crippen MR) is 127 cm³/mol. The normalized spacial score (nSPS) is 18.4. The Bertz CT molecular complexity index is 1180. The fourth-order valence-corrected chi connectivity index (χ4v) is 4.73. The monoisotopic (exact) mass is 472 g/mol. The Hall–Kier alpha value is -2.84. The molecule has 1 atom stereocenters. The topological polar surface area (TPSA) is 76.5 Å². The van der Waals surface area contributed by atoms with Crippen LogP contribution in [0.15, 0.2) is 41.8 Å². The largest absolute Gasteiger partial charge is 0.495 e. The number of carbonyl (C=O) groups is 2. The summed E-state index contributed by atoms with van der Waals surface area (Å²) in [6.07, 6.45) is 0. The van der Waals surface area contributed by atoms with Crippen molar-refractivity contribution in [3.63, 3.8) is 0 Å².